The number of aryl methyl sites for hydroxylation is 1. The summed E-state index contributed by atoms with van der Waals surface area (Å²) in [5.41, 5.74) is 0. The van der Waals surface area contributed by atoms with E-state index in [1.165, 1.54) is 0 Å². The maximum Gasteiger partial charge on any atom is 0.315 e. The number of carbonyl (C=O) groups excluding carboxylic acids is 1. The van der Waals surface area contributed by atoms with Crippen LogP contribution >= 0.6 is 0 Å². The molecule has 1 aromatic heterocycles. The Morgan fingerprint density at radius 2 is 2.32 bits per heavy atom. The van der Waals surface area contributed by atoms with Crippen molar-refractivity contribution in [1.82, 2.24) is 25.4 Å². The summed E-state index contributed by atoms with van der Waals surface area (Å²) in [6.07, 6.45) is 2.02. The lowest BCUT2D eigenvalue weighted by atomic mass is 10.2. The number of sulfone groups is 1. The van der Waals surface area contributed by atoms with E-state index in [2.05, 4.69) is 20.8 Å². The zero-order valence-corrected chi connectivity index (χ0v) is 11.6. The molecule has 8 nitrogen and oxygen atoms in total. The third-order valence-electron chi connectivity index (χ3n) is 3.05. The van der Waals surface area contributed by atoms with E-state index < -0.39 is 15.9 Å². The molecule has 2 atom stereocenters. The molecule has 2 rings (SSSR count). The summed E-state index contributed by atoms with van der Waals surface area (Å²) in [5.74, 6) is 0.782. The van der Waals surface area contributed by atoms with Crippen molar-refractivity contribution in [3.8, 4) is 0 Å². The van der Waals surface area contributed by atoms with Crippen molar-refractivity contribution in [2.75, 3.05) is 11.5 Å². The largest absolute Gasteiger partial charge is 0.334 e. The van der Waals surface area contributed by atoms with E-state index in [0.717, 1.165) is 0 Å². The van der Waals surface area contributed by atoms with E-state index >= 15 is 0 Å². The van der Waals surface area contributed by atoms with Gasteiger partial charge < -0.3 is 15.2 Å². The molecule has 106 valence electrons. The van der Waals surface area contributed by atoms with E-state index in [9.17, 15) is 13.2 Å². The van der Waals surface area contributed by atoms with Gasteiger partial charge in [-0.25, -0.2) is 13.2 Å². The second-order valence-electron chi connectivity index (χ2n) is 4.74. The molecule has 0 spiro atoms. The van der Waals surface area contributed by atoms with Gasteiger partial charge in [0.2, 0.25) is 0 Å². The zero-order valence-electron chi connectivity index (χ0n) is 10.8. The van der Waals surface area contributed by atoms with Crippen molar-refractivity contribution < 1.29 is 13.2 Å². The van der Waals surface area contributed by atoms with Gasteiger partial charge in [0.15, 0.2) is 15.7 Å². The molecular formula is C10H17N5O3S. The van der Waals surface area contributed by atoms with Crippen LogP contribution in [-0.2, 0) is 16.9 Å². The number of amides is 2. The topological polar surface area (TPSA) is 106 Å². The van der Waals surface area contributed by atoms with Crippen LogP contribution in [-0.4, -0.2) is 46.8 Å². The monoisotopic (exact) mass is 287 g/mol. The summed E-state index contributed by atoms with van der Waals surface area (Å²) in [7, 11) is -1.20. The number of urea groups is 1. The van der Waals surface area contributed by atoms with Crippen LogP contribution in [0.4, 0.5) is 4.79 Å². The summed E-state index contributed by atoms with van der Waals surface area (Å²) in [5, 5.41) is 13.0. The fraction of sp³-hybridized carbons (Fsp3) is 0.700. The molecule has 0 aromatic carbocycles. The number of rotatable bonds is 3. The number of hydrogen-bond donors (Lipinski definition) is 2. The van der Waals surface area contributed by atoms with Crippen molar-refractivity contribution in [1.29, 1.82) is 0 Å². The summed E-state index contributed by atoms with van der Waals surface area (Å²) in [4.78, 5) is 11.8. The van der Waals surface area contributed by atoms with Crippen molar-refractivity contribution in [2.45, 2.75) is 25.4 Å². The Kier molecular flexibility index (Phi) is 3.74. The molecule has 0 aliphatic carbocycles. The Morgan fingerprint density at radius 3 is 2.84 bits per heavy atom. The van der Waals surface area contributed by atoms with Crippen LogP contribution in [0.2, 0.25) is 0 Å². The first kappa shape index (κ1) is 13.8. The average Bonchev–Trinajstić information content (AvgIpc) is 2.84. The molecule has 9 heteroatoms. The Labute approximate surface area is 111 Å². The van der Waals surface area contributed by atoms with Crippen LogP contribution in [0.3, 0.4) is 0 Å². The minimum absolute atomic E-state index is 0.0127. The molecule has 0 unspecified atom stereocenters. The van der Waals surface area contributed by atoms with Crippen molar-refractivity contribution >= 4 is 15.9 Å². The Balaban J connectivity index is 1.87. The van der Waals surface area contributed by atoms with Gasteiger partial charge in [0.25, 0.3) is 0 Å². The summed E-state index contributed by atoms with van der Waals surface area (Å²) in [6.45, 7) is 1.79. The first-order valence-electron chi connectivity index (χ1n) is 5.99. The normalized spacial score (nSPS) is 22.9. The zero-order chi connectivity index (χ0) is 14.0. The average molecular weight is 287 g/mol. The van der Waals surface area contributed by atoms with E-state index in [4.69, 9.17) is 0 Å². The fourth-order valence-electron chi connectivity index (χ4n) is 2.08. The summed E-state index contributed by atoms with van der Waals surface area (Å²) in [6, 6.07) is -1.00. The molecule has 0 bridgehead atoms. The molecule has 19 heavy (non-hydrogen) atoms. The molecule has 0 saturated carbocycles. The van der Waals surface area contributed by atoms with Crippen LogP contribution in [0.25, 0.3) is 0 Å². The molecular weight excluding hydrogens is 270 g/mol. The molecule has 1 aromatic rings. The Morgan fingerprint density at radius 1 is 1.58 bits per heavy atom. The van der Waals surface area contributed by atoms with E-state index in [-0.39, 0.29) is 23.6 Å². The molecule has 2 amide bonds. The first-order valence-corrected chi connectivity index (χ1v) is 7.81. The maximum atomic E-state index is 11.8. The smallest absolute Gasteiger partial charge is 0.315 e. The van der Waals surface area contributed by atoms with E-state index in [1.807, 2.05) is 0 Å². The standard InChI is InChI=1S/C10H17N5O3S/c1-7(9-14-11-6-15(9)2)12-10(16)13-8-3-4-19(17,18)5-8/h6-8H,3-5H2,1-2H3,(H2,12,13,16)/t7-,8-/m0/s1. The molecule has 1 saturated heterocycles. The SMILES string of the molecule is C[C@H](NC(=O)N[C@H]1CCS(=O)(=O)C1)c1nncn1C. The van der Waals surface area contributed by atoms with Gasteiger partial charge in [-0.3, -0.25) is 0 Å². The van der Waals surface area contributed by atoms with Gasteiger partial charge in [-0.15, -0.1) is 10.2 Å². The van der Waals surface area contributed by atoms with Gasteiger partial charge in [0, 0.05) is 13.1 Å². The molecule has 2 heterocycles. The van der Waals surface area contributed by atoms with E-state index in [0.29, 0.717) is 12.2 Å². The molecule has 1 aliphatic rings. The minimum Gasteiger partial charge on any atom is -0.334 e. The predicted octanol–water partition coefficient (Wildman–Crippen LogP) is -0.638. The van der Waals surface area contributed by atoms with Crippen LogP contribution in [0.5, 0.6) is 0 Å². The molecule has 0 radical (unpaired) electrons. The van der Waals surface area contributed by atoms with Gasteiger partial charge in [0.1, 0.15) is 6.33 Å². The van der Waals surface area contributed by atoms with Crippen molar-refractivity contribution in [2.24, 2.45) is 7.05 Å². The van der Waals surface area contributed by atoms with Crippen LogP contribution in [0.1, 0.15) is 25.2 Å². The Bertz CT molecular complexity index is 567. The highest BCUT2D eigenvalue weighted by atomic mass is 32.2. The highest BCUT2D eigenvalue weighted by molar-refractivity contribution is 7.91. The highest BCUT2D eigenvalue weighted by Gasteiger charge is 2.29. The third kappa shape index (κ3) is 3.43. The second-order valence-corrected chi connectivity index (χ2v) is 6.97. The van der Waals surface area contributed by atoms with E-state index in [1.54, 1.807) is 24.9 Å². The maximum absolute atomic E-state index is 11.8. The lowest BCUT2D eigenvalue weighted by Gasteiger charge is -2.16. The van der Waals surface area contributed by atoms with Gasteiger partial charge in [-0.05, 0) is 13.3 Å². The number of nitrogens with one attached hydrogen (secondary N) is 2. The molecule has 1 fully saturated rings. The lowest BCUT2D eigenvalue weighted by Crippen LogP contribution is -2.43. The number of carbonyl (C=O) groups is 1. The quantitative estimate of drug-likeness (QED) is 0.769. The minimum atomic E-state index is -2.99. The van der Waals surface area contributed by atoms with Gasteiger partial charge in [-0.1, -0.05) is 0 Å². The van der Waals surface area contributed by atoms with Crippen LogP contribution in [0, 0.1) is 0 Å². The predicted molar refractivity (Wildman–Crippen MR) is 68.1 cm³/mol. The number of nitrogens with zero attached hydrogens (tertiary/aromatic N) is 3. The van der Waals surface area contributed by atoms with Crippen molar-refractivity contribution in [3.05, 3.63) is 12.2 Å². The van der Waals surface area contributed by atoms with Crippen molar-refractivity contribution in [3.63, 3.8) is 0 Å². The number of hydrogen-bond acceptors (Lipinski definition) is 5. The first-order chi connectivity index (χ1) is 8.87. The van der Waals surface area contributed by atoms with Crippen LogP contribution in [0.15, 0.2) is 6.33 Å². The summed E-state index contributed by atoms with van der Waals surface area (Å²) >= 11 is 0. The highest BCUT2D eigenvalue weighted by Crippen LogP contribution is 2.12. The third-order valence-corrected chi connectivity index (χ3v) is 4.82. The Hall–Kier alpha value is -1.64. The van der Waals surface area contributed by atoms with Gasteiger partial charge in [-0.2, -0.15) is 0 Å². The van der Waals surface area contributed by atoms with Gasteiger partial charge >= 0.3 is 6.03 Å². The van der Waals surface area contributed by atoms with Crippen LogP contribution < -0.4 is 10.6 Å². The number of aromatic nitrogens is 3. The lowest BCUT2D eigenvalue weighted by molar-refractivity contribution is 0.234. The molecule has 2 N–H and O–H groups in total. The fourth-order valence-corrected chi connectivity index (χ4v) is 3.75. The summed E-state index contributed by atoms with van der Waals surface area (Å²) < 4.78 is 24.3. The second kappa shape index (κ2) is 5.16. The van der Waals surface area contributed by atoms with Gasteiger partial charge in [0.05, 0.1) is 17.5 Å². The molecule has 1 aliphatic heterocycles.